The number of nitrogens with zero attached hydrogens (tertiary/aromatic N) is 1. The summed E-state index contributed by atoms with van der Waals surface area (Å²) in [6.07, 6.45) is 22.9. The maximum absolute atomic E-state index is 12.1. The van der Waals surface area contributed by atoms with E-state index < -0.39 is 7.60 Å². The Bertz CT molecular complexity index is 536. The zero-order valence-electron chi connectivity index (χ0n) is 23.8. The Morgan fingerprint density at radius 3 is 1.66 bits per heavy atom. The summed E-state index contributed by atoms with van der Waals surface area (Å²) in [4.78, 5) is 9.93. The standard InChI is InChI=1S/C28H58NO5P/c1-6-7-8-9-10-11-12-13-14-15-16-17-18-19-20-21-24-33-27-28(32-5)22-26-35(30,31)34-25-23-29(2,3)4/h22,26,28H,6-21,23-25,27H2,1-5H3/p+1/b26-22+. The third kappa shape index (κ3) is 26.6. The number of ether oxygens (including phenoxy) is 2. The monoisotopic (exact) mass is 520 g/mol. The molecule has 7 heteroatoms. The van der Waals surface area contributed by atoms with Crippen LogP contribution in [0.2, 0.25) is 0 Å². The van der Waals surface area contributed by atoms with E-state index in [0.29, 0.717) is 24.2 Å². The van der Waals surface area contributed by atoms with E-state index in [-0.39, 0.29) is 12.7 Å². The first-order valence-corrected chi connectivity index (χ1v) is 15.9. The van der Waals surface area contributed by atoms with Crippen LogP contribution in [0.4, 0.5) is 0 Å². The quantitative estimate of drug-likeness (QED) is 0.0719. The number of unbranched alkanes of at least 4 members (excludes halogenated alkanes) is 15. The molecule has 0 spiro atoms. The van der Waals surface area contributed by atoms with Gasteiger partial charge in [-0.2, -0.15) is 0 Å². The van der Waals surface area contributed by atoms with Crippen LogP contribution in [0.1, 0.15) is 110 Å². The Kier molecular flexibility index (Phi) is 22.8. The van der Waals surface area contributed by atoms with Gasteiger partial charge in [-0.3, -0.25) is 9.09 Å². The lowest BCUT2D eigenvalue weighted by atomic mass is 10.0. The molecule has 210 valence electrons. The van der Waals surface area contributed by atoms with Gasteiger partial charge in [0.25, 0.3) is 0 Å². The van der Waals surface area contributed by atoms with Crippen LogP contribution in [0.15, 0.2) is 11.9 Å². The summed E-state index contributed by atoms with van der Waals surface area (Å²) in [6.45, 7) is 4.25. The molecule has 1 N–H and O–H groups in total. The fourth-order valence-corrected chi connectivity index (χ4v) is 4.69. The predicted octanol–water partition coefficient (Wildman–Crippen LogP) is 7.70. The number of quaternary nitrogens is 1. The zero-order valence-corrected chi connectivity index (χ0v) is 24.7. The Morgan fingerprint density at radius 1 is 0.771 bits per heavy atom. The minimum atomic E-state index is -3.75. The molecule has 0 heterocycles. The third-order valence-electron chi connectivity index (χ3n) is 6.25. The third-order valence-corrected chi connectivity index (χ3v) is 7.36. The van der Waals surface area contributed by atoms with Crippen molar-refractivity contribution in [3.05, 3.63) is 11.9 Å². The molecule has 0 aliphatic rings. The van der Waals surface area contributed by atoms with E-state index in [2.05, 4.69) is 6.92 Å². The van der Waals surface area contributed by atoms with Gasteiger partial charge in [-0.15, -0.1) is 0 Å². The van der Waals surface area contributed by atoms with Gasteiger partial charge < -0.3 is 18.9 Å². The van der Waals surface area contributed by atoms with Gasteiger partial charge in [0.2, 0.25) is 0 Å². The Labute approximate surface area is 217 Å². The molecule has 0 aliphatic carbocycles. The Morgan fingerprint density at radius 2 is 1.23 bits per heavy atom. The number of hydrogen-bond donors (Lipinski definition) is 1. The molecule has 0 saturated heterocycles. The molecule has 0 saturated carbocycles. The van der Waals surface area contributed by atoms with Crippen molar-refractivity contribution in [2.75, 3.05) is 54.6 Å². The number of likely N-dealkylation sites (N-methyl/N-ethyl adjacent to an activating group) is 1. The lowest BCUT2D eigenvalue weighted by Crippen LogP contribution is -2.37. The van der Waals surface area contributed by atoms with Crippen LogP contribution >= 0.6 is 7.60 Å². The molecule has 0 fully saturated rings. The van der Waals surface area contributed by atoms with Crippen molar-refractivity contribution in [3.8, 4) is 0 Å². The van der Waals surface area contributed by atoms with E-state index >= 15 is 0 Å². The molecule has 6 nitrogen and oxygen atoms in total. The lowest BCUT2D eigenvalue weighted by Gasteiger charge is -2.23. The minimum Gasteiger partial charge on any atom is -0.378 e. The average Bonchev–Trinajstić information content (AvgIpc) is 2.79. The molecule has 0 bridgehead atoms. The second-order valence-corrected chi connectivity index (χ2v) is 12.6. The van der Waals surface area contributed by atoms with Crippen LogP contribution in [-0.4, -0.2) is 70.1 Å². The average molecular weight is 521 g/mol. The van der Waals surface area contributed by atoms with Crippen molar-refractivity contribution in [1.82, 2.24) is 0 Å². The second kappa shape index (κ2) is 22.9. The minimum absolute atomic E-state index is 0.231. The van der Waals surface area contributed by atoms with Crippen LogP contribution in [0.3, 0.4) is 0 Å². The summed E-state index contributed by atoms with van der Waals surface area (Å²) in [5, 5.41) is 0. The van der Waals surface area contributed by atoms with Crippen molar-refractivity contribution in [2.24, 2.45) is 0 Å². The van der Waals surface area contributed by atoms with Crippen molar-refractivity contribution in [1.29, 1.82) is 0 Å². The van der Waals surface area contributed by atoms with E-state index in [4.69, 9.17) is 14.0 Å². The highest BCUT2D eigenvalue weighted by Gasteiger charge is 2.18. The van der Waals surface area contributed by atoms with Gasteiger partial charge in [0, 0.05) is 19.5 Å². The smallest absolute Gasteiger partial charge is 0.351 e. The first-order chi connectivity index (χ1) is 16.7. The molecule has 0 aromatic rings. The summed E-state index contributed by atoms with van der Waals surface area (Å²) < 4.78 is 29.0. The summed E-state index contributed by atoms with van der Waals surface area (Å²) in [5.74, 6) is 1.22. The number of methoxy groups -OCH3 is 1. The van der Waals surface area contributed by atoms with Crippen LogP contribution in [0.5, 0.6) is 0 Å². The molecule has 0 aromatic carbocycles. The van der Waals surface area contributed by atoms with Crippen molar-refractivity contribution >= 4 is 7.60 Å². The van der Waals surface area contributed by atoms with Crippen LogP contribution < -0.4 is 0 Å². The number of rotatable bonds is 26. The lowest BCUT2D eigenvalue weighted by molar-refractivity contribution is -0.870. The van der Waals surface area contributed by atoms with Crippen LogP contribution in [0.25, 0.3) is 0 Å². The number of hydrogen-bond acceptors (Lipinski definition) is 4. The second-order valence-electron chi connectivity index (χ2n) is 10.9. The van der Waals surface area contributed by atoms with E-state index in [1.165, 1.54) is 102 Å². The fraction of sp³-hybridized carbons (Fsp3) is 0.929. The predicted molar refractivity (Wildman–Crippen MR) is 149 cm³/mol. The highest BCUT2D eigenvalue weighted by Crippen LogP contribution is 2.43. The van der Waals surface area contributed by atoms with E-state index in [9.17, 15) is 9.46 Å². The zero-order chi connectivity index (χ0) is 26.3. The summed E-state index contributed by atoms with van der Waals surface area (Å²) in [5.41, 5.74) is 0. The summed E-state index contributed by atoms with van der Waals surface area (Å²) in [7, 11) is 3.87. The maximum atomic E-state index is 12.1. The first kappa shape index (κ1) is 34.8. The first-order valence-electron chi connectivity index (χ1n) is 14.3. The highest BCUT2D eigenvalue weighted by atomic mass is 31.2. The molecule has 0 aromatic heterocycles. The summed E-state index contributed by atoms with van der Waals surface area (Å²) >= 11 is 0. The van der Waals surface area contributed by atoms with Crippen LogP contribution in [-0.2, 0) is 18.6 Å². The molecule has 0 radical (unpaired) electrons. The van der Waals surface area contributed by atoms with Gasteiger partial charge in [0.1, 0.15) is 13.2 Å². The van der Waals surface area contributed by atoms with Gasteiger partial charge in [0.05, 0.1) is 33.9 Å². The highest BCUT2D eigenvalue weighted by molar-refractivity contribution is 7.56. The van der Waals surface area contributed by atoms with Gasteiger partial charge in [-0.1, -0.05) is 103 Å². The van der Waals surface area contributed by atoms with Gasteiger partial charge >= 0.3 is 7.60 Å². The molecule has 0 rings (SSSR count). The largest absolute Gasteiger partial charge is 0.378 e. The van der Waals surface area contributed by atoms with Gasteiger partial charge in [-0.25, -0.2) is 0 Å². The Balaban J connectivity index is 3.57. The molecule has 2 atom stereocenters. The molecule has 0 amide bonds. The van der Waals surface area contributed by atoms with Crippen LogP contribution in [0, 0.1) is 0 Å². The van der Waals surface area contributed by atoms with Gasteiger partial charge in [-0.05, 0) is 12.5 Å². The van der Waals surface area contributed by atoms with Gasteiger partial charge in [0.15, 0.2) is 0 Å². The maximum Gasteiger partial charge on any atom is 0.351 e. The van der Waals surface area contributed by atoms with E-state index in [1.807, 2.05) is 21.1 Å². The van der Waals surface area contributed by atoms with Crippen molar-refractivity contribution in [2.45, 2.75) is 116 Å². The topological polar surface area (TPSA) is 65.0 Å². The molecule has 35 heavy (non-hydrogen) atoms. The van der Waals surface area contributed by atoms with E-state index in [0.717, 1.165) is 6.42 Å². The van der Waals surface area contributed by atoms with Crippen molar-refractivity contribution in [3.63, 3.8) is 0 Å². The Hall–Kier alpha value is -0.230. The molecule has 0 aliphatic heterocycles. The molecule has 2 unspecified atom stereocenters. The van der Waals surface area contributed by atoms with Crippen molar-refractivity contribution < 1.29 is 27.9 Å². The normalized spacial score (nSPS) is 15.0. The fourth-order valence-electron chi connectivity index (χ4n) is 3.85. The molecular formula is C28H59NO5P+. The van der Waals surface area contributed by atoms with E-state index in [1.54, 1.807) is 13.2 Å². The summed E-state index contributed by atoms with van der Waals surface area (Å²) in [6, 6.07) is 0. The SMILES string of the molecule is CCCCCCCCCCCCCCCCCCOCC(/C=C/P(=O)(O)OCC[N+](C)(C)C)OC. The molecular weight excluding hydrogens is 461 g/mol.